The van der Waals surface area contributed by atoms with Crippen LogP contribution in [0.25, 0.3) is 10.2 Å². The molecular formula is C16H23N3S. The highest BCUT2D eigenvalue weighted by Crippen LogP contribution is 2.22. The molecule has 0 saturated carbocycles. The molecule has 1 saturated heterocycles. The van der Waals surface area contributed by atoms with Crippen LogP contribution < -0.4 is 5.32 Å². The molecule has 0 bridgehead atoms. The molecule has 1 aliphatic rings. The number of para-hydroxylation sites is 1. The molecule has 0 spiro atoms. The van der Waals surface area contributed by atoms with Crippen LogP contribution in [-0.4, -0.2) is 35.6 Å². The van der Waals surface area contributed by atoms with Crippen molar-refractivity contribution in [3.05, 3.63) is 29.3 Å². The van der Waals surface area contributed by atoms with E-state index in [-0.39, 0.29) is 0 Å². The maximum absolute atomic E-state index is 4.67. The maximum atomic E-state index is 4.67. The van der Waals surface area contributed by atoms with E-state index in [2.05, 4.69) is 53.3 Å². The van der Waals surface area contributed by atoms with E-state index in [1.807, 2.05) is 0 Å². The van der Waals surface area contributed by atoms with E-state index in [9.17, 15) is 0 Å². The first-order chi connectivity index (χ1) is 9.72. The summed E-state index contributed by atoms with van der Waals surface area (Å²) in [7, 11) is 0. The lowest BCUT2D eigenvalue weighted by Gasteiger charge is -2.20. The predicted octanol–water partition coefficient (Wildman–Crippen LogP) is 3.12. The Morgan fingerprint density at radius 2 is 2.25 bits per heavy atom. The number of benzene rings is 1. The Labute approximate surface area is 125 Å². The quantitative estimate of drug-likeness (QED) is 0.916. The van der Waals surface area contributed by atoms with Gasteiger partial charge < -0.3 is 10.2 Å². The summed E-state index contributed by atoms with van der Waals surface area (Å²) >= 11 is 1.80. The van der Waals surface area contributed by atoms with E-state index in [0.717, 1.165) is 24.5 Å². The van der Waals surface area contributed by atoms with Crippen LogP contribution in [0.4, 0.5) is 0 Å². The fourth-order valence-electron chi connectivity index (χ4n) is 2.88. The number of fused-ring (bicyclic) bond motifs is 1. The highest BCUT2D eigenvalue weighted by Gasteiger charge is 2.23. The Bertz CT molecular complexity index is 531. The van der Waals surface area contributed by atoms with Crippen molar-refractivity contribution in [2.24, 2.45) is 5.92 Å². The van der Waals surface area contributed by atoms with Crippen LogP contribution in [0.5, 0.6) is 0 Å². The lowest BCUT2D eigenvalue weighted by molar-refractivity contribution is 0.264. The molecule has 3 nitrogen and oxygen atoms in total. The zero-order valence-electron chi connectivity index (χ0n) is 12.3. The predicted molar refractivity (Wildman–Crippen MR) is 86.1 cm³/mol. The molecule has 1 unspecified atom stereocenters. The molecule has 2 heterocycles. The van der Waals surface area contributed by atoms with Crippen molar-refractivity contribution in [1.29, 1.82) is 0 Å². The number of rotatable bonds is 5. The minimum absolute atomic E-state index is 0.685. The van der Waals surface area contributed by atoms with Crippen molar-refractivity contribution in [2.75, 3.05) is 19.6 Å². The van der Waals surface area contributed by atoms with Gasteiger partial charge >= 0.3 is 0 Å². The van der Waals surface area contributed by atoms with Crippen molar-refractivity contribution in [3.8, 4) is 0 Å². The van der Waals surface area contributed by atoms with Crippen LogP contribution in [0.1, 0.15) is 25.3 Å². The van der Waals surface area contributed by atoms with E-state index in [1.54, 1.807) is 11.3 Å². The van der Waals surface area contributed by atoms with E-state index >= 15 is 0 Å². The van der Waals surface area contributed by atoms with E-state index in [4.69, 9.17) is 0 Å². The third-order valence-electron chi connectivity index (χ3n) is 4.09. The zero-order valence-corrected chi connectivity index (χ0v) is 13.1. The second-order valence-electron chi connectivity index (χ2n) is 5.95. The van der Waals surface area contributed by atoms with Gasteiger partial charge in [-0.15, -0.1) is 11.3 Å². The molecule has 1 aliphatic heterocycles. The van der Waals surface area contributed by atoms with Gasteiger partial charge in [0.25, 0.3) is 0 Å². The molecule has 0 amide bonds. The fraction of sp³-hybridized carbons (Fsp3) is 0.562. The molecule has 20 heavy (non-hydrogen) atoms. The number of likely N-dealkylation sites (tertiary alicyclic amines) is 1. The summed E-state index contributed by atoms with van der Waals surface area (Å²) < 4.78 is 1.29. The van der Waals surface area contributed by atoms with E-state index < -0.39 is 0 Å². The first kappa shape index (κ1) is 14.0. The highest BCUT2D eigenvalue weighted by molar-refractivity contribution is 7.18. The van der Waals surface area contributed by atoms with Gasteiger partial charge in [-0.1, -0.05) is 12.1 Å². The van der Waals surface area contributed by atoms with E-state index in [0.29, 0.717) is 6.04 Å². The maximum Gasteiger partial charge on any atom is 0.108 e. The SMILES string of the molecule is CC(C)N1CCC(CNCc2nc3ccccc3s2)C1. The normalized spacial score (nSPS) is 20.2. The molecule has 108 valence electrons. The van der Waals surface area contributed by atoms with Crippen LogP contribution in [-0.2, 0) is 6.54 Å². The minimum Gasteiger partial charge on any atom is -0.310 e. The largest absolute Gasteiger partial charge is 0.310 e. The molecular weight excluding hydrogens is 266 g/mol. The van der Waals surface area contributed by atoms with E-state index in [1.165, 1.54) is 29.2 Å². The van der Waals surface area contributed by atoms with Crippen LogP contribution in [0.15, 0.2) is 24.3 Å². The fourth-order valence-corrected chi connectivity index (χ4v) is 3.81. The zero-order chi connectivity index (χ0) is 13.9. The number of hydrogen-bond acceptors (Lipinski definition) is 4. The number of hydrogen-bond donors (Lipinski definition) is 1. The van der Waals surface area contributed by atoms with Gasteiger partial charge in [0.15, 0.2) is 0 Å². The summed E-state index contributed by atoms with van der Waals surface area (Å²) in [5.74, 6) is 0.798. The summed E-state index contributed by atoms with van der Waals surface area (Å²) in [6.45, 7) is 9.08. The molecule has 2 aromatic rings. The molecule has 3 rings (SSSR count). The average Bonchev–Trinajstić information content (AvgIpc) is 3.04. The smallest absolute Gasteiger partial charge is 0.108 e. The third kappa shape index (κ3) is 3.19. The van der Waals surface area contributed by atoms with Crippen LogP contribution in [0, 0.1) is 5.92 Å². The van der Waals surface area contributed by atoms with Crippen LogP contribution in [0.2, 0.25) is 0 Å². The number of thiazole rings is 1. The Morgan fingerprint density at radius 3 is 3.00 bits per heavy atom. The van der Waals surface area contributed by atoms with Gasteiger partial charge in [-0.25, -0.2) is 4.98 Å². The Kier molecular flexibility index (Phi) is 4.34. The molecule has 0 aliphatic carbocycles. The molecule has 1 aromatic heterocycles. The van der Waals surface area contributed by atoms with Crippen LogP contribution in [0.3, 0.4) is 0 Å². The standard InChI is InChI=1S/C16H23N3S/c1-12(2)19-8-7-13(11-19)9-17-10-16-18-14-5-3-4-6-15(14)20-16/h3-6,12-13,17H,7-11H2,1-2H3. The number of nitrogens with zero attached hydrogens (tertiary/aromatic N) is 2. The summed E-state index contributed by atoms with van der Waals surface area (Å²) in [6.07, 6.45) is 1.32. The molecule has 1 N–H and O–H groups in total. The Hall–Kier alpha value is -0.970. The van der Waals surface area contributed by atoms with Crippen molar-refractivity contribution >= 4 is 21.6 Å². The van der Waals surface area contributed by atoms with Gasteiger partial charge in [-0.3, -0.25) is 0 Å². The lowest BCUT2D eigenvalue weighted by Crippen LogP contribution is -2.30. The summed E-state index contributed by atoms with van der Waals surface area (Å²) in [6, 6.07) is 9.06. The second kappa shape index (κ2) is 6.20. The van der Waals surface area contributed by atoms with Crippen LogP contribution >= 0.6 is 11.3 Å². The first-order valence-corrected chi connectivity index (χ1v) is 8.33. The topological polar surface area (TPSA) is 28.2 Å². The average molecular weight is 289 g/mol. The molecule has 4 heteroatoms. The third-order valence-corrected chi connectivity index (χ3v) is 5.13. The molecule has 1 fully saturated rings. The van der Waals surface area contributed by atoms with Crippen molar-refractivity contribution < 1.29 is 0 Å². The first-order valence-electron chi connectivity index (χ1n) is 7.51. The second-order valence-corrected chi connectivity index (χ2v) is 7.06. The molecule has 0 radical (unpaired) electrons. The Morgan fingerprint density at radius 1 is 1.40 bits per heavy atom. The van der Waals surface area contributed by atoms with Gasteiger partial charge in [0.2, 0.25) is 0 Å². The summed E-state index contributed by atoms with van der Waals surface area (Å²) in [4.78, 5) is 7.24. The molecule has 1 atom stereocenters. The minimum atomic E-state index is 0.685. The lowest BCUT2D eigenvalue weighted by atomic mass is 10.1. The van der Waals surface area contributed by atoms with Crippen molar-refractivity contribution in [1.82, 2.24) is 15.2 Å². The van der Waals surface area contributed by atoms with Crippen molar-refractivity contribution in [3.63, 3.8) is 0 Å². The highest BCUT2D eigenvalue weighted by atomic mass is 32.1. The summed E-state index contributed by atoms with van der Waals surface area (Å²) in [5.41, 5.74) is 1.13. The number of nitrogens with one attached hydrogen (secondary N) is 1. The van der Waals surface area contributed by atoms with Gasteiger partial charge in [0.05, 0.1) is 10.2 Å². The molecule has 1 aromatic carbocycles. The van der Waals surface area contributed by atoms with Crippen molar-refractivity contribution in [2.45, 2.75) is 32.9 Å². The number of aromatic nitrogens is 1. The van der Waals surface area contributed by atoms with Gasteiger partial charge in [0, 0.05) is 19.1 Å². The van der Waals surface area contributed by atoms with Gasteiger partial charge in [-0.05, 0) is 51.4 Å². The van der Waals surface area contributed by atoms with Gasteiger partial charge in [0.1, 0.15) is 5.01 Å². The Balaban J connectivity index is 1.48. The monoisotopic (exact) mass is 289 g/mol. The van der Waals surface area contributed by atoms with Gasteiger partial charge in [-0.2, -0.15) is 0 Å². The summed E-state index contributed by atoms with van der Waals surface area (Å²) in [5, 5.41) is 4.78.